The van der Waals surface area contributed by atoms with Gasteiger partial charge in [-0.15, -0.1) is 0 Å². The summed E-state index contributed by atoms with van der Waals surface area (Å²) in [6, 6.07) is 18.2. The number of hydrogen-bond donors (Lipinski definition) is 2. The summed E-state index contributed by atoms with van der Waals surface area (Å²) >= 11 is 0. The van der Waals surface area contributed by atoms with Crippen LogP contribution in [0.1, 0.15) is 74.9 Å². The van der Waals surface area contributed by atoms with E-state index in [4.69, 9.17) is 4.98 Å². The van der Waals surface area contributed by atoms with E-state index in [2.05, 4.69) is 58.1 Å². The zero-order chi connectivity index (χ0) is 21.1. The van der Waals surface area contributed by atoms with Crippen LogP contribution in [0.2, 0.25) is 0 Å². The number of anilines is 1. The number of hydrogen-bond acceptors (Lipinski definition) is 3. The van der Waals surface area contributed by atoms with Crippen LogP contribution >= 0.6 is 0 Å². The number of nitrogens with one attached hydrogen (secondary N) is 1. The third-order valence-corrected chi connectivity index (χ3v) is 5.38. The lowest BCUT2D eigenvalue weighted by molar-refractivity contribution is 0.477. The summed E-state index contributed by atoms with van der Waals surface area (Å²) in [5.74, 6) is 1.13. The first kappa shape index (κ1) is 20.9. The summed E-state index contributed by atoms with van der Waals surface area (Å²) in [5, 5.41) is 14.0. The van der Waals surface area contributed by atoms with Crippen molar-refractivity contribution in [2.45, 2.75) is 59.4 Å². The molecule has 3 heteroatoms. The Morgan fingerprint density at radius 2 is 1.45 bits per heavy atom. The molecule has 0 saturated heterocycles. The summed E-state index contributed by atoms with van der Waals surface area (Å²) < 4.78 is 0. The first-order chi connectivity index (χ1) is 13.8. The molecule has 0 bridgehead atoms. The molecule has 2 aromatic carbocycles. The highest BCUT2D eigenvalue weighted by Gasteiger charge is 2.17. The predicted molar refractivity (Wildman–Crippen MR) is 123 cm³/mol. The van der Waals surface area contributed by atoms with Gasteiger partial charge >= 0.3 is 0 Å². The maximum absolute atomic E-state index is 10.3. The van der Waals surface area contributed by atoms with Crippen molar-refractivity contribution in [3.63, 3.8) is 0 Å². The Balaban J connectivity index is 1.97. The van der Waals surface area contributed by atoms with E-state index in [0.29, 0.717) is 11.8 Å². The SMILES string of the molecule is Cc1ccc(O)c(-c2cccc([C@@H](C)Nc3c(C(C)C)cccc3C(C)C)n2)c1. The summed E-state index contributed by atoms with van der Waals surface area (Å²) in [6.07, 6.45) is 0. The van der Waals surface area contributed by atoms with Gasteiger partial charge in [0.1, 0.15) is 5.75 Å². The number of nitrogens with zero attached hydrogens (tertiary/aromatic N) is 1. The molecular formula is C26H32N2O. The molecule has 0 fully saturated rings. The summed E-state index contributed by atoms with van der Waals surface area (Å²) in [7, 11) is 0. The lowest BCUT2D eigenvalue weighted by Crippen LogP contribution is -2.13. The molecule has 152 valence electrons. The van der Waals surface area contributed by atoms with Gasteiger partial charge in [0, 0.05) is 11.3 Å². The van der Waals surface area contributed by atoms with Gasteiger partial charge in [-0.1, -0.05) is 63.6 Å². The minimum atomic E-state index is 0.0410. The second-order valence-corrected chi connectivity index (χ2v) is 8.46. The van der Waals surface area contributed by atoms with E-state index in [1.54, 1.807) is 6.07 Å². The zero-order valence-corrected chi connectivity index (χ0v) is 18.3. The molecule has 3 aromatic rings. The Morgan fingerprint density at radius 1 is 0.828 bits per heavy atom. The van der Waals surface area contributed by atoms with Gasteiger partial charge < -0.3 is 10.4 Å². The number of rotatable bonds is 6. The molecule has 0 aliphatic heterocycles. The Kier molecular flexibility index (Phi) is 6.26. The van der Waals surface area contributed by atoms with E-state index < -0.39 is 0 Å². The number of para-hydroxylation sites is 1. The Morgan fingerprint density at radius 3 is 2.07 bits per heavy atom. The van der Waals surface area contributed by atoms with Gasteiger partial charge in [0.2, 0.25) is 0 Å². The average molecular weight is 389 g/mol. The van der Waals surface area contributed by atoms with Gasteiger partial charge in [-0.2, -0.15) is 0 Å². The van der Waals surface area contributed by atoms with Crippen LogP contribution < -0.4 is 5.32 Å². The average Bonchev–Trinajstić information content (AvgIpc) is 2.69. The van der Waals surface area contributed by atoms with Crippen molar-refractivity contribution in [1.82, 2.24) is 4.98 Å². The number of phenolic OH excluding ortho intramolecular Hbond substituents is 1. The fraction of sp³-hybridized carbons (Fsp3) is 0.346. The molecular weight excluding hydrogens is 356 g/mol. The Bertz CT molecular complexity index is 965. The maximum atomic E-state index is 10.3. The van der Waals surface area contributed by atoms with E-state index >= 15 is 0 Å². The lowest BCUT2D eigenvalue weighted by Gasteiger charge is -2.24. The molecule has 2 N–H and O–H groups in total. The molecule has 0 aliphatic carbocycles. The quantitative estimate of drug-likeness (QED) is 0.470. The Labute approximate surface area is 174 Å². The number of aromatic hydroxyl groups is 1. The molecule has 0 spiro atoms. The Hall–Kier alpha value is -2.81. The minimum Gasteiger partial charge on any atom is -0.507 e. The summed E-state index contributed by atoms with van der Waals surface area (Å²) in [4.78, 5) is 4.87. The van der Waals surface area contributed by atoms with Crippen LogP contribution in [0.4, 0.5) is 5.69 Å². The monoisotopic (exact) mass is 388 g/mol. The molecule has 29 heavy (non-hydrogen) atoms. The van der Waals surface area contributed by atoms with Gasteiger partial charge in [0.15, 0.2) is 0 Å². The van der Waals surface area contributed by atoms with Gasteiger partial charge in [-0.05, 0) is 61.1 Å². The standard InChI is InChI=1S/C26H32N2O/c1-16(2)20-9-7-10-21(17(3)4)26(20)27-19(6)23-11-8-12-24(28-23)22-15-18(5)13-14-25(22)29/h7-17,19,27,29H,1-6H3/t19-/m1/s1. The van der Waals surface area contributed by atoms with Gasteiger partial charge in [-0.25, -0.2) is 0 Å². The minimum absolute atomic E-state index is 0.0410. The predicted octanol–water partition coefficient (Wildman–Crippen LogP) is 7.18. The van der Waals surface area contributed by atoms with Crippen LogP contribution in [0.25, 0.3) is 11.3 Å². The highest BCUT2D eigenvalue weighted by atomic mass is 16.3. The maximum Gasteiger partial charge on any atom is 0.124 e. The molecule has 0 amide bonds. The molecule has 3 nitrogen and oxygen atoms in total. The van der Waals surface area contributed by atoms with E-state index in [-0.39, 0.29) is 11.8 Å². The molecule has 3 rings (SSSR count). The molecule has 1 aromatic heterocycles. The van der Waals surface area contributed by atoms with Crippen LogP contribution in [0.15, 0.2) is 54.6 Å². The van der Waals surface area contributed by atoms with Crippen LogP contribution in [0, 0.1) is 6.92 Å². The van der Waals surface area contributed by atoms with Crippen molar-refractivity contribution < 1.29 is 5.11 Å². The van der Waals surface area contributed by atoms with Crippen molar-refractivity contribution in [2.75, 3.05) is 5.32 Å². The number of benzene rings is 2. The van der Waals surface area contributed by atoms with Gasteiger partial charge in [-0.3, -0.25) is 4.98 Å². The molecule has 0 unspecified atom stereocenters. The molecule has 1 heterocycles. The topological polar surface area (TPSA) is 45.1 Å². The second kappa shape index (κ2) is 8.69. The molecule has 0 saturated carbocycles. The zero-order valence-electron chi connectivity index (χ0n) is 18.3. The van der Waals surface area contributed by atoms with Crippen LogP contribution in [-0.4, -0.2) is 10.1 Å². The van der Waals surface area contributed by atoms with Crippen LogP contribution in [0.5, 0.6) is 5.75 Å². The third kappa shape index (κ3) is 4.61. The van der Waals surface area contributed by atoms with E-state index in [1.807, 2.05) is 37.3 Å². The van der Waals surface area contributed by atoms with Crippen molar-refractivity contribution in [2.24, 2.45) is 0 Å². The number of aryl methyl sites for hydroxylation is 1. The molecule has 1 atom stereocenters. The fourth-order valence-electron chi connectivity index (χ4n) is 3.71. The molecule has 0 aliphatic rings. The van der Waals surface area contributed by atoms with Gasteiger partial charge in [0.25, 0.3) is 0 Å². The number of pyridine rings is 1. The highest BCUT2D eigenvalue weighted by molar-refractivity contribution is 5.68. The van der Waals surface area contributed by atoms with Crippen molar-refractivity contribution in [3.8, 4) is 17.0 Å². The van der Waals surface area contributed by atoms with E-state index in [1.165, 1.54) is 16.8 Å². The van der Waals surface area contributed by atoms with Gasteiger partial charge in [0.05, 0.1) is 17.4 Å². The molecule has 0 radical (unpaired) electrons. The number of aromatic nitrogens is 1. The second-order valence-electron chi connectivity index (χ2n) is 8.46. The third-order valence-electron chi connectivity index (χ3n) is 5.38. The van der Waals surface area contributed by atoms with Crippen LogP contribution in [0.3, 0.4) is 0 Å². The van der Waals surface area contributed by atoms with E-state index in [0.717, 1.165) is 22.5 Å². The smallest absolute Gasteiger partial charge is 0.124 e. The van der Waals surface area contributed by atoms with Crippen molar-refractivity contribution in [3.05, 3.63) is 77.0 Å². The van der Waals surface area contributed by atoms with Crippen molar-refractivity contribution in [1.29, 1.82) is 0 Å². The fourth-order valence-corrected chi connectivity index (χ4v) is 3.71. The van der Waals surface area contributed by atoms with E-state index in [9.17, 15) is 5.11 Å². The van der Waals surface area contributed by atoms with Crippen molar-refractivity contribution >= 4 is 5.69 Å². The first-order valence-corrected chi connectivity index (χ1v) is 10.4. The summed E-state index contributed by atoms with van der Waals surface area (Å²) in [6.45, 7) is 13.1. The normalized spacial score (nSPS) is 12.4. The number of phenols is 1. The summed E-state index contributed by atoms with van der Waals surface area (Å²) in [5.41, 5.74) is 7.49. The highest BCUT2D eigenvalue weighted by Crippen LogP contribution is 2.35. The largest absolute Gasteiger partial charge is 0.507 e. The lowest BCUT2D eigenvalue weighted by atomic mass is 9.92. The van der Waals surface area contributed by atoms with Crippen LogP contribution in [-0.2, 0) is 0 Å². The first-order valence-electron chi connectivity index (χ1n) is 10.4.